The first kappa shape index (κ1) is 20.3. The average molecular weight is 387 g/mol. The molecule has 1 amide bonds. The average Bonchev–Trinajstić information content (AvgIpc) is 2.76. The maximum absolute atomic E-state index is 12.4. The van der Waals surface area contributed by atoms with Gasteiger partial charge in [0, 0.05) is 5.69 Å². The first-order valence-electron chi connectivity index (χ1n) is 9.80. The Balaban J connectivity index is 1.59. The number of anilines is 1. The smallest absolute Gasteiger partial charge is 0.313 e. The maximum atomic E-state index is 12.4. The largest absolute Gasteiger partial charge is 0.455 e. The van der Waals surface area contributed by atoms with Gasteiger partial charge in [0.15, 0.2) is 6.61 Å². The van der Waals surface area contributed by atoms with Crippen molar-refractivity contribution in [2.45, 2.75) is 25.7 Å². The van der Waals surface area contributed by atoms with E-state index in [1.54, 1.807) is 0 Å². The van der Waals surface area contributed by atoms with E-state index >= 15 is 0 Å². The monoisotopic (exact) mass is 387 g/mol. The number of hydrogen-bond donors (Lipinski definition) is 1. The summed E-state index contributed by atoms with van der Waals surface area (Å²) >= 11 is 0. The van der Waals surface area contributed by atoms with E-state index in [-0.39, 0.29) is 24.4 Å². The van der Waals surface area contributed by atoms with Gasteiger partial charge < -0.3 is 10.1 Å². The topological polar surface area (TPSA) is 55.4 Å². The van der Waals surface area contributed by atoms with Gasteiger partial charge in [-0.05, 0) is 35.6 Å². The zero-order valence-electron chi connectivity index (χ0n) is 16.5. The normalized spacial score (nSPS) is 11.5. The lowest BCUT2D eigenvalue weighted by Gasteiger charge is -2.15. The van der Waals surface area contributed by atoms with Crippen LogP contribution < -0.4 is 5.32 Å². The van der Waals surface area contributed by atoms with E-state index in [1.807, 2.05) is 79.7 Å². The molecular formula is C25H25NO3. The fourth-order valence-electron chi connectivity index (χ4n) is 3.26. The molecule has 0 aromatic heterocycles. The highest BCUT2D eigenvalue weighted by Gasteiger charge is 2.21. The van der Waals surface area contributed by atoms with Gasteiger partial charge in [0.05, 0.1) is 5.92 Å². The maximum Gasteiger partial charge on any atom is 0.313 e. The van der Waals surface area contributed by atoms with Crippen LogP contribution in [0.4, 0.5) is 5.69 Å². The second-order valence-corrected chi connectivity index (χ2v) is 6.85. The van der Waals surface area contributed by atoms with Gasteiger partial charge in [0.2, 0.25) is 0 Å². The lowest BCUT2D eigenvalue weighted by molar-refractivity contribution is -0.149. The number of rotatable bonds is 8. The molecule has 0 aliphatic rings. The van der Waals surface area contributed by atoms with Crippen molar-refractivity contribution in [1.82, 2.24) is 0 Å². The van der Waals surface area contributed by atoms with Gasteiger partial charge in [-0.25, -0.2) is 0 Å². The molecule has 0 aliphatic heterocycles. The van der Waals surface area contributed by atoms with Gasteiger partial charge in [-0.3, -0.25) is 9.59 Å². The molecule has 4 nitrogen and oxygen atoms in total. The highest BCUT2D eigenvalue weighted by atomic mass is 16.5. The molecule has 0 heterocycles. The quantitative estimate of drug-likeness (QED) is 0.556. The molecule has 3 aromatic carbocycles. The summed E-state index contributed by atoms with van der Waals surface area (Å²) in [7, 11) is 0. The highest BCUT2D eigenvalue weighted by Crippen LogP contribution is 2.21. The number of nitrogens with one attached hydrogen (secondary N) is 1. The van der Waals surface area contributed by atoms with Crippen molar-refractivity contribution in [3.63, 3.8) is 0 Å². The van der Waals surface area contributed by atoms with Gasteiger partial charge in [-0.2, -0.15) is 0 Å². The number of para-hydroxylation sites is 1. The number of amides is 1. The van der Waals surface area contributed by atoms with Crippen molar-refractivity contribution in [2.75, 3.05) is 11.9 Å². The fraction of sp³-hybridized carbons (Fsp3) is 0.200. The van der Waals surface area contributed by atoms with E-state index in [4.69, 9.17) is 4.74 Å². The molecule has 29 heavy (non-hydrogen) atoms. The van der Waals surface area contributed by atoms with E-state index in [1.165, 1.54) is 0 Å². The van der Waals surface area contributed by atoms with Crippen molar-refractivity contribution in [1.29, 1.82) is 0 Å². The SMILES string of the molecule is CCC(C(=O)OCC(=O)Nc1ccccc1Cc1ccccc1)c1ccccc1. The van der Waals surface area contributed by atoms with Crippen LogP contribution in [0.3, 0.4) is 0 Å². The number of benzene rings is 3. The summed E-state index contributed by atoms with van der Waals surface area (Å²) in [6, 6.07) is 27.2. The van der Waals surface area contributed by atoms with Crippen LogP contribution in [0.1, 0.15) is 36.0 Å². The molecule has 0 aliphatic carbocycles. The molecule has 4 heteroatoms. The summed E-state index contributed by atoms with van der Waals surface area (Å²) in [4.78, 5) is 24.8. The third-order valence-electron chi connectivity index (χ3n) is 4.77. The minimum Gasteiger partial charge on any atom is -0.455 e. The first-order chi connectivity index (χ1) is 14.2. The van der Waals surface area contributed by atoms with Crippen LogP contribution >= 0.6 is 0 Å². The lowest BCUT2D eigenvalue weighted by atomic mass is 9.97. The Kier molecular flexibility index (Phi) is 7.17. The zero-order valence-corrected chi connectivity index (χ0v) is 16.5. The molecule has 0 spiro atoms. The molecule has 0 saturated heterocycles. The van der Waals surface area contributed by atoms with Crippen molar-refractivity contribution in [3.05, 3.63) is 102 Å². The summed E-state index contributed by atoms with van der Waals surface area (Å²) in [5.74, 6) is -1.09. The van der Waals surface area contributed by atoms with Crippen LogP contribution in [-0.4, -0.2) is 18.5 Å². The Hall–Kier alpha value is -3.40. The van der Waals surface area contributed by atoms with Gasteiger partial charge in [0.25, 0.3) is 5.91 Å². The van der Waals surface area contributed by atoms with Gasteiger partial charge in [-0.15, -0.1) is 0 Å². The van der Waals surface area contributed by atoms with Crippen molar-refractivity contribution in [2.24, 2.45) is 0 Å². The van der Waals surface area contributed by atoms with Crippen LogP contribution in [0.15, 0.2) is 84.9 Å². The Morgan fingerprint density at radius 2 is 1.48 bits per heavy atom. The molecule has 1 atom stereocenters. The van der Waals surface area contributed by atoms with Crippen LogP contribution in [0.25, 0.3) is 0 Å². The Morgan fingerprint density at radius 3 is 2.17 bits per heavy atom. The number of esters is 1. The van der Waals surface area contributed by atoms with Gasteiger partial charge >= 0.3 is 5.97 Å². The first-order valence-corrected chi connectivity index (χ1v) is 9.80. The number of hydrogen-bond acceptors (Lipinski definition) is 3. The molecule has 3 aromatic rings. The third-order valence-corrected chi connectivity index (χ3v) is 4.77. The molecule has 1 N–H and O–H groups in total. The molecule has 1 unspecified atom stereocenters. The van der Waals surface area contributed by atoms with Crippen molar-refractivity contribution in [3.8, 4) is 0 Å². The number of carbonyl (C=O) groups is 2. The van der Waals surface area contributed by atoms with E-state index in [9.17, 15) is 9.59 Å². The van der Waals surface area contributed by atoms with E-state index in [0.29, 0.717) is 12.8 Å². The minimum absolute atomic E-state index is 0.304. The molecular weight excluding hydrogens is 362 g/mol. The van der Waals surface area contributed by atoms with E-state index in [2.05, 4.69) is 17.4 Å². The standard InChI is InChI=1S/C25H25NO3/c1-2-22(20-13-7-4-8-14-20)25(28)29-18-24(27)26-23-16-10-9-15-21(23)17-19-11-5-3-6-12-19/h3-16,22H,2,17-18H2,1H3,(H,26,27). The van der Waals surface area contributed by atoms with Crippen LogP contribution in [-0.2, 0) is 20.7 Å². The second-order valence-electron chi connectivity index (χ2n) is 6.85. The summed E-state index contributed by atoms with van der Waals surface area (Å²) in [6.45, 7) is 1.63. The molecule has 0 bridgehead atoms. The summed E-state index contributed by atoms with van der Waals surface area (Å²) < 4.78 is 5.29. The predicted molar refractivity (Wildman–Crippen MR) is 115 cm³/mol. The second kappa shape index (κ2) is 10.2. The van der Waals surface area contributed by atoms with Gasteiger partial charge in [0.1, 0.15) is 0 Å². The third kappa shape index (κ3) is 5.79. The van der Waals surface area contributed by atoms with Crippen LogP contribution in [0, 0.1) is 0 Å². The molecule has 0 fully saturated rings. The molecule has 148 valence electrons. The Labute approximate surface area is 171 Å². The van der Waals surface area contributed by atoms with Crippen LogP contribution in [0.5, 0.6) is 0 Å². The summed E-state index contributed by atoms with van der Waals surface area (Å²) in [6.07, 6.45) is 1.33. The minimum atomic E-state index is -0.383. The van der Waals surface area contributed by atoms with Crippen molar-refractivity contribution < 1.29 is 14.3 Å². The number of carbonyl (C=O) groups excluding carboxylic acids is 2. The van der Waals surface area contributed by atoms with Crippen LogP contribution in [0.2, 0.25) is 0 Å². The molecule has 0 radical (unpaired) electrons. The molecule has 0 saturated carbocycles. The summed E-state index contributed by atoms with van der Waals surface area (Å²) in [5, 5.41) is 2.87. The van der Waals surface area contributed by atoms with Crippen molar-refractivity contribution >= 4 is 17.6 Å². The van der Waals surface area contributed by atoms with E-state index in [0.717, 1.165) is 22.4 Å². The Morgan fingerprint density at radius 1 is 0.862 bits per heavy atom. The number of ether oxygens (including phenoxy) is 1. The lowest BCUT2D eigenvalue weighted by Crippen LogP contribution is -2.24. The molecule has 3 rings (SSSR count). The fourth-order valence-corrected chi connectivity index (χ4v) is 3.26. The van der Waals surface area contributed by atoms with E-state index < -0.39 is 0 Å². The summed E-state index contributed by atoms with van der Waals surface area (Å²) in [5.41, 5.74) is 3.80. The van der Waals surface area contributed by atoms with Gasteiger partial charge in [-0.1, -0.05) is 85.8 Å². The highest BCUT2D eigenvalue weighted by molar-refractivity contribution is 5.94. The predicted octanol–water partition coefficient (Wildman–Crippen LogP) is 4.95. The Bertz CT molecular complexity index is 939. The zero-order chi connectivity index (χ0) is 20.5.